The Hall–Kier alpha value is -0.603. The van der Waals surface area contributed by atoms with Gasteiger partial charge in [-0.15, -0.1) is 0 Å². The Morgan fingerprint density at radius 3 is 2.15 bits per heavy atom. The Bertz CT molecular complexity index is 251. The normalized spacial score (nSPS) is 14.2. The molecular formula is C11H18OSi. The van der Waals surface area contributed by atoms with Crippen LogP contribution in [-0.4, -0.2) is 13.2 Å². The van der Waals surface area contributed by atoms with Crippen LogP contribution in [0.2, 0.25) is 25.7 Å². The third kappa shape index (κ3) is 3.74. The SMILES string of the molecule is C[Si](C)(C)C[C@@H](O)c1ccccc1. The maximum Gasteiger partial charge on any atom is 0.0766 e. The second kappa shape index (κ2) is 4.07. The van der Waals surface area contributed by atoms with E-state index in [9.17, 15) is 5.11 Å². The lowest BCUT2D eigenvalue weighted by Crippen LogP contribution is -2.22. The highest BCUT2D eigenvalue weighted by Gasteiger charge is 2.19. The third-order valence-electron chi connectivity index (χ3n) is 1.99. The fourth-order valence-electron chi connectivity index (χ4n) is 1.37. The van der Waals surface area contributed by atoms with E-state index in [1.807, 2.05) is 30.3 Å². The molecule has 1 nitrogen and oxygen atoms in total. The Balaban J connectivity index is 2.64. The molecule has 0 unspecified atom stereocenters. The van der Waals surface area contributed by atoms with Crippen molar-refractivity contribution in [3.05, 3.63) is 35.9 Å². The van der Waals surface area contributed by atoms with Crippen molar-refractivity contribution in [2.45, 2.75) is 31.8 Å². The minimum absolute atomic E-state index is 0.270. The molecule has 0 saturated heterocycles. The van der Waals surface area contributed by atoms with Crippen molar-refractivity contribution in [3.63, 3.8) is 0 Å². The van der Waals surface area contributed by atoms with Gasteiger partial charge in [-0.05, 0) is 11.6 Å². The standard InChI is InChI=1S/C11H18OSi/c1-13(2,3)9-11(12)10-7-5-4-6-8-10/h4-8,11-12H,9H2,1-3H3/t11-/m1/s1. The van der Waals surface area contributed by atoms with Crippen molar-refractivity contribution in [2.24, 2.45) is 0 Å². The molecule has 13 heavy (non-hydrogen) atoms. The topological polar surface area (TPSA) is 20.2 Å². The molecule has 0 bridgehead atoms. The molecule has 2 heteroatoms. The van der Waals surface area contributed by atoms with Crippen LogP contribution in [0.25, 0.3) is 0 Å². The first-order chi connectivity index (χ1) is 5.99. The molecule has 0 heterocycles. The van der Waals surface area contributed by atoms with Gasteiger partial charge < -0.3 is 5.11 Å². The van der Waals surface area contributed by atoms with Gasteiger partial charge in [-0.2, -0.15) is 0 Å². The van der Waals surface area contributed by atoms with Crippen LogP contribution in [0.4, 0.5) is 0 Å². The fraction of sp³-hybridized carbons (Fsp3) is 0.455. The molecule has 1 N–H and O–H groups in total. The van der Waals surface area contributed by atoms with Crippen LogP contribution in [0, 0.1) is 0 Å². The van der Waals surface area contributed by atoms with Gasteiger partial charge in [0.25, 0.3) is 0 Å². The van der Waals surface area contributed by atoms with Crippen LogP contribution in [0.1, 0.15) is 11.7 Å². The smallest absolute Gasteiger partial charge is 0.0766 e. The summed E-state index contributed by atoms with van der Waals surface area (Å²) in [6, 6.07) is 10.9. The molecule has 0 fully saturated rings. The highest BCUT2D eigenvalue weighted by molar-refractivity contribution is 6.76. The lowest BCUT2D eigenvalue weighted by molar-refractivity contribution is 0.197. The van der Waals surface area contributed by atoms with E-state index >= 15 is 0 Å². The van der Waals surface area contributed by atoms with Gasteiger partial charge in [0.15, 0.2) is 0 Å². The van der Waals surface area contributed by atoms with Crippen molar-refractivity contribution in [2.75, 3.05) is 0 Å². The van der Waals surface area contributed by atoms with E-state index in [0.717, 1.165) is 11.6 Å². The van der Waals surface area contributed by atoms with Gasteiger partial charge in [-0.25, -0.2) is 0 Å². The average molecular weight is 194 g/mol. The molecule has 0 radical (unpaired) electrons. The Morgan fingerprint density at radius 1 is 1.15 bits per heavy atom. The Kier molecular flexibility index (Phi) is 3.28. The molecule has 1 rings (SSSR count). The summed E-state index contributed by atoms with van der Waals surface area (Å²) in [4.78, 5) is 0. The minimum atomic E-state index is -1.15. The van der Waals surface area contributed by atoms with Crippen molar-refractivity contribution in [3.8, 4) is 0 Å². The Labute approximate surface area is 81.4 Å². The van der Waals surface area contributed by atoms with Crippen LogP contribution in [0.15, 0.2) is 30.3 Å². The maximum absolute atomic E-state index is 9.89. The summed E-state index contributed by atoms with van der Waals surface area (Å²) < 4.78 is 0. The number of hydrogen-bond acceptors (Lipinski definition) is 1. The molecule has 0 aromatic heterocycles. The predicted octanol–water partition coefficient (Wildman–Crippen LogP) is 3.06. The minimum Gasteiger partial charge on any atom is -0.389 e. The van der Waals surface area contributed by atoms with Gasteiger partial charge in [0.1, 0.15) is 0 Å². The molecule has 0 aliphatic carbocycles. The van der Waals surface area contributed by atoms with Gasteiger partial charge in [0.2, 0.25) is 0 Å². The zero-order chi connectivity index (χ0) is 9.90. The van der Waals surface area contributed by atoms with Crippen LogP contribution in [0.5, 0.6) is 0 Å². The average Bonchev–Trinajstić information content (AvgIpc) is 2.03. The molecule has 1 atom stereocenters. The van der Waals surface area contributed by atoms with E-state index < -0.39 is 8.07 Å². The first-order valence-electron chi connectivity index (χ1n) is 4.72. The molecular weight excluding hydrogens is 176 g/mol. The van der Waals surface area contributed by atoms with E-state index in [-0.39, 0.29) is 6.10 Å². The molecule has 1 aromatic rings. The zero-order valence-electron chi connectivity index (χ0n) is 8.62. The summed E-state index contributed by atoms with van der Waals surface area (Å²) in [5.41, 5.74) is 1.05. The molecule has 1 aromatic carbocycles. The highest BCUT2D eigenvalue weighted by Crippen LogP contribution is 2.23. The summed E-state index contributed by atoms with van der Waals surface area (Å²) in [7, 11) is -1.15. The number of aliphatic hydroxyl groups excluding tert-OH is 1. The number of hydrogen-bond donors (Lipinski definition) is 1. The maximum atomic E-state index is 9.89. The number of rotatable bonds is 3. The quantitative estimate of drug-likeness (QED) is 0.733. The molecule has 0 aliphatic rings. The van der Waals surface area contributed by atoms with Gasteiger partial charge >= 0.3 is 0 Å². The summed E-state index contributed by atoms with van der Waals surface area (Å²) >= 11 is 0. The van der Waals surface area contributed by atoms with Gasteiger partial charge in [-0.1, -0.05) is 50.0 Å². The van der Waals surface area contributed by atoms with Crippen molar-refractivity contribution in [1.82, 2.24) is 0 Å². The summed E-state index contributed by atoms with van der Waals surface area (Å²) in [5, 5.41) is 9.89. The fourth-order valence-corrected chi connectivity index (χ4v) is 2.77. The van der Waals surface area contributed by atoms with E-state index in [0.29, 0.717) is 0 Å². The molecule has 0 amide bonds. The van der Waals surface area contributed by atoms with E-state index in [1.165, 1.54) is 0 Å². The van der Waals surface area contributed by atoms with Crippen LogP contribution in [0.3, 0.4) is 0 Å². The summed E-state index contributed by atoms with van der Waals surface area (Å²) in [6.45, 7) is 6.83. The van der Waals surface area contributed by atoms with Crippen molar-refractivity contribution in [1.29, 1.82) is 0 Å². The van der Waals surface area contributed by atoms with Crippen molar-refractivity contribution < 1.29 is 5.11 Å². The van der Waals surface area contributed by atoms with E-state index in [4.69, 9.17) is 0 Å². The number of aliphatic hydroxyl groups is 1. The van der Waals surface area contributed by atoms with Gasteiger partial charge in [0, 0.05) is 8.07 Å². The molecule has 0 aliphatic heterocycles. The Morgan fingerprint density at radius 2 is 1.69 bits per heavy atom. The first kappa shape index (κ1) is 10.5. The van der Waals surface area contributed by atoms with Gasteiger partial charge in [0.05, 0.1) is 6.10 Å². The largest absolute Gasteiger partial charge is 0.389 e. The summed E-state index contributed by atoms with van der Waals surface area (Å²) in [6.07, 6.45) is -0.270. The molecule has 0 saturated carbocycles. The van der Waals surface area contributed by atoms with Crippen LogP contribution in [-0.2, 0) is 0 Å². The predicted molar refractivity (Wildman–Crippen MR) is 59.6 cm³/mol. The van der Waals surface area contributed by atoms with Gasteiger partial charge in [-0.3, -0.25) is 0 Å². The zero-order valence-corrected chi connectivity index (χ0v) is 9.62. The second-order valence-corrected chi connectivity index (χ2v) is 10.2. The lowest BCUT2D eigenvalue weighted by Gasteiger charge is -2.20. The third-order valence-corrected chi connectivity index (χ3v) is 3.60. The van der Waals surface area contributed by atoms with E-state index in [1.54, 1.807) is 0 Å². The van der Waals surface area contributed by atoms with Crippen LogP contribution < -0.4 is 0 Å². The molecule has 0 spiro atoms. The summed E-state index contributed by atoms with van der Waals surface area (Å²) in [5.74, 6) is 0. The molecule has 72 valence electrons. The lowest BCUT2D eigenvalue weighted by atomic mass is 10.1. The highest BCUT2D eigenvalue weighted by atomic mass is 28.3. The van der Waals surface area contributed by atoms with Crippen molar-refractivity contribution >= 4 is 8.07 Å². The van der Waals surface area contributed by atoms with Crippen LogP contribution >= 0.6 is 0 Å². The number of benzene rings is 1. The second-order valence-electron chi connectivity index (χ2n) is 4.69. The van der Waals surface area contributed by atoms with E-state index in [2.05, 4.69) is 19.6 Å². The first-order valence-corrected chi connectivity index (χ1v) is 8.43. The monoisotopic (exact) mass is 194 g/mol.